The molecular weight excluding hydrogens is 374 g/mol. The maximum absolute atomic E-state index is 6.06. The number of rotatable bonds is 8. The molecule has 0 bridgehead atoms. The molecule has 0 unspecified atom stereocenters. The molecule has 3 aromatic rings. The molecule has 3 rings (SSSR count). The van der Waals surface area contributed by atoms with E-state index in [-0.39, 0.29) is 11.1 Å². The Morgan fingerprint density at radius 1 is 0.667 bits per heavy atom. The number of nitrogens with zero attached hydrogens (tertiary/aromatic N) is 3. The average molecular weight is 410 g/mol. The lowest BCUT2D eigenvalue weighted by atomic mass is 10.1. The van der Waals surface area contributed by atoms with Crippen molar-refractivity contribution in [2.45, 2.75) is 38.8 Å². The lowest BCUT2D eigenvalue weighted by molar-refractivity contribution is 0.114. The van der Waals surface area contributed by atoms with Crippen LogP contribution in [-0.4, -0.2) is 67.3 Å². The number of aromatic nitrogens is 1. The highest BCUT2D eigenvalue weighted by Crippen LogP contribution is 2.27. The Balaban J connectivity index is 1.83. The number of hydrogen-bond acceptors (Lipinski definition) is 5. The van der Waals surface area contributed by atoms with Gasteiger partial charge in [0.2, 0.25) is 0 Å². The summed E-state index contributed by atoms with van der Waals surface area (Å²) in [6.45, 7) is 9.88. The number of likely N-dealkylation sites (N-methyl/N-ethyl adjacent to an activating group) is 2. The number of hydrogen-bond donors (Lipinski definition) is 0. The second-order valence-corrected chi connectivity index (χ2v) is 9.69. The van der Waals surface area contributed by atoms with Crippen LogP contribution in [0.5, 0.6) is 11.5 Å². The third kappa shape index (κ3) is 5.02. The monoisotopic (exact) mass is 409 g/mol. The molecule has 0 aliphatic heterocycles. The van der Waals surface area contributed by atoms with Crippen LogP contribution in [0.15, 0.2) is 42.5 Å². The molecule has 30 heavy (non-hydrogen) atoms. The molecule has 0 aliphatic carbocycles. The number of fused-ring (bicyclic) bond motifs is 2. The molecule has 1 aromatic heterocycles. The molecule has 0 saturated carbocycles. The van der Waals surface area contributed by atoms with E-state index in [4.69, 9.17) is 14.5 Å². The highest BCUT2D eigenvalue weighted by molar-refractivity contribution is 5.93. The van der Waals surface area contributed by atoms with E-state index < -0.39 is 0 Å². The molecular formula is C25H35N3O2. The SMILES string of the molecule is CN(C)C(C)(C)COc1ccc2cc3ccc(OCC(C)(C)N(C)C)cc3nc2c1. The Labute approximate surface area is 180 Å². The van der Waals surface area contributed by atoms with E-state index in [1.165, 1.54) is 0 Å². The van der Waals surface area contributed by atoms with E-state index in [9.17, 15) is 0 Å². The second-order valence-electron chi connectivity index (χ2n) is 9.69. The minimum atomic E-state index is -0.0433. The Morgan fingerprint density at radius 3 is 1.43 bits per heavy atom. The fraction of sp³-hybridized carbons (Fsp3) is 0.480. The fourth-order valence-corrected chi connectivity index (χ4v) is 2.74. The summed E-state index contributed by atoms with van der Waals surface area (Å²) in [6.07, 6.45) is 0. The third-order valence-electron chi connectivity index (χ3n) is 6.16. The molecule has 0 N–H and O–H groups in total. The summed E-state index contributed by atoms with van der Waals surface area (Å²) in [6, 6.07) is 14.4. The van der Waals surface area contributed by atoms with Gasteiger partial charge in [0, 0.05) is 34.0 Å². The molecule has 1 heterocycles. The average Bonchev–Trinajstić information content (AvgIpc) is 2.68. The molecule has 5 heteroatoms. The van der Waals surface area contributed by atoms with E-state index in [0.29, 0.717) is 13.2 Å². The first-order chi connectivity index (χ1) is 14.0. The summed E-state index contributed by atoms with van der Waals surface area (Å²) in [5, 5.41) is 2.20. The highest BCUT2D eigenvalue weighted by Gasteiger charge is 2.22. The Bertz CT molecular complexity index is 947. The van der Waals surface area contributed by atoms with Crippen molar-refractivity contribution in [3.05, 3.63) is 42.5 Å². The summed E-state index contributed by atoms with van der Waals surface area (Å²) >= 11 is 0. The van der Waals surface area contributed by atoms with Gasteiger partial charge in [-0.25, -0.2) is 4.98 Å². The molecule has 162 valence electrons. The van der Waals surface area contributed by atoms with Crippen molar-refractivity contribution in [1.29, 1.82) is 0 Å². The van der Waals surface area contributed by atoms with Gasteiger partial charge in [0.05, 0.1) is 11.0 Å². The van der Waals surface area contributed by atoms with E-state index in [1.54, 1.807) is 0 Å². The van der Waals surface area contributed by atoms with Gasteiger partial charge in [0.25, 0.3) is 0 Å². The molecule has 0 radical (unpaired) electrons. The van der Waals surface area contributed by atoms with E-state index in [1.807, 2.05) is 24.3 Å². The normalized spacial score (nSPS) is 12.9. The summed E-state index contributed by atoms with van der Waals surface area (Å²) < 4.78 is 12.1. The molecule has 0 amide bonds. The van der Waals surface area contributed by atoms with Gasteiger partial charge in [-0.15, -0.1) is 0 Å². The van der Waals surface area contributed by atoms with Crippen LogP contribution in [0.4, 0.5) is 0 Å². The molecule has 0 spiro atoms. The van der Waals surface area contributed by atoms with Crippen LogP contribution in [0.25, 0.3) is 21.8 Å². The largest absolute Gasteiger partial charge is 0.492 e. The minimum Gasteiger partial charge on any atom is -0.492 e. The summed E-state index contributed by atoms with van der Waals surface area (Å²) in [4.78, 5) is 9.21. The Morgan fingerprint density at radius 2 is 1.07 bits per heavy atom. The third-order valence-corrected chi connectivity index (χ3v) is 6.16. The van der Waals surface area contributed by atoms with Crippen LogP contribution in [0.2, 0.25) is 0 Å². The lowest BCUT2D eigenvalue weighted by Gasteiger charge is -2.32. The number of ether oxygens (including phenoxy) is 2. The van der Waals surface area contributed by atoms with E-state index in [2.05, 4.69) is 83.9 Å². The zero-order valence-electron chi connectivity index (χ0n) is 19.6. The van der Waals surface area contributed by atoms with Crippen LogP contribution < -0.4 is 9.47 Å². The molecule has 5 nitrogen and oxygen atoms in total. The summed E-state index contributed by atoms with van der Waals surface area (Å²) in [7, 11) is 8.26. The van der Waals surface area contributed by atoms with Crippen LogP contribution in [0.3, 0.4) is 0 Å². The molecule has 0 fully saturated rings. The predicted molar refractivity (Wildman–Crippen MR) is 126 cm³/mol. The second kappa shape index (κ2) is 8.40. The molecule has 0 aliphatic rings. The standard InChI is InChI=1S/C25H35N3O2/c1-24(2,27(5)6)16-29-20-11-9-18-13-19-10-12-21(15-23(19)26-22(18)14-20)30-17-25(3,4)28(7)8/h9-15H,16-17H2,1-8H3. The first-order valence-corrected chi connectivity index (χ1v) is 10.4. The molecule has 0 saturated heterocycles. The van der Waals surface area contributed by atoms with Gasteiger partial charge >= 0.3 is 0 Å². The summed E-state index contributed by atoms with van der Waals surface area (Å²) in [5.41, 5.74) is 1.76. The van der Waals surface area contributed by atoms with Crippen molar-refractivity contribution in [3.63, 3.8) is 0 Å². The minimum absolute atomic E-state index is 0.0433. The van der Waals surface area contributed by atoms with Crippen molar-refractivity contribution in [3.8, 4) is 11.5 Å². The van der Waals surface area contributed by atoms with Gasteiger partial charge in [-0.05, 0) is 86.2 Å². The number of pyridine rings is 1. The van der Waals surface area contributed by atoms with Crippen LogP contribution in [0.1, 0.15) is 27.7 Å². The first-order valence-electron chi connectivity index (χ1n) is 10.4. The van der Waals surface area contributed by atoms with Gasteiger partial charge in [0.1, 0.15) is 24.7 Å². The van der Waals surface area contributed by atoms with Crippen molar-refractivity contribution >= 4 is 21.8 Å². The Kier molecular flexibility index (Phi) is 6.25. The van der Waals surface area contributed by atoms with Crippen molar-refractivity contribution in [1.82, 2.24) is 14.8 Å². The predicted octanol–water partition coefficient (Wildman–Crippen LogP) is 4.83. The van der Waals surface area contributed by atoms with Gasteiger partial charge in [-0.2, -0.15) is 0 Å². The van der Waals surface area contributed by atoms with Crippen LogP contribution in [-0.2, 0) is 0 Å². The zero-order chi connectivity index (χ0) is 22.1. The smallest absolute Gasteiger partial charge is 0.121 e. The van der Waals surface area contributed by atoms with E-state index in [0.717, 1.165) is 33.3 Å². The van der Waals surface area contributed by atoms with E-state index >= 15 is 0 Å². The molecule has 0 atom stereocenters. The van der Waals surface area contributed by atoms with Gasteiger partial charge in [-0.1, -0.05) is 0 Å². The van der Waals surface area contributed by atoms with Crippen molar-refractivity contribution in [2.24, 2.45) is 0 Å². The van der Waals surface area contributed by atoms with Gasteiger partial charge in [0.15, 0.2) is 0 Å². The molecule has 2 aromatic carbocycles. The van der Waals surface area contributed by atoms with Crippen molar-refractivity contribution < 1.29 is 9.47 Å². The highest BCUT2D eigenvalue weighted by atomic mass is 16.5. The van der Waals surface area contributed by atoms with Crippen LogP contribution >= 0.6 is 0 Å². The van der Waals surface area contributed by atoms with Gasteiger partial charge in [-0.3, -0.25) is 0 Å². The summed E-state index contributed by atoms with van der Waals surface area (Å²) in [5.74, 6) is 1.67. The first kappa shape index (κ1) is 22.3. The van der Waals surface area contributed by atoms with Crippen molar-refractivity contribution in [2.75, 3.05) is 41.4 Å². The zero-order valence-corrected chi connectivity index (χ0v) is 19.6. The Hall–Kier alpha value is -2.37. The maximum atomic E-state index is 6.06. The quantitative estimate of drug-likeness (QED) is 0.498. The van der Waals surface area contributed by atoms with Gasteiger partial charge < -0.3 is 19.3 Å². The number of benzene rings is 2. The lowest BCUT2D eigenvalue weighted by Crippen LogP contribution is -2.43. The topological polar surface area (TPSA) is 37.8 Å². The fourth-order valence-electron chi connectivity index (χ4n) is 2.74. The van der Waals surface area contributed by atoms with Crippen LogP contribution in [0, 0.1) is 0 Å². The maximum Gasteiger partial charge on any atom is 0.121 e.